The molecule has 0 aliphatic carbocycles. The van der Waals surface area contributed by atoms with E-state index in [1.54, 1.807) is 54.6 Å². The third kappa shape index (κ3) is 5.60. The summed E-state index contributed by atoms with van der Waals surface area (Å²) in [7, 11) is 0. The van der Waals surface area contributed by atoms with Crippen molar-refractivity contribution < 1.29 is 19.1 Å². The molecule has 0 saturated carbocycles. The second kappa shape index (κ2) is 10.2. The average Bonchev–Trinajstić information content (AvgIpc) is 3.21. The fraction of sp³-hybridized carbons (Fsp3) is 0.182. The van der Waals surface area contributed by atoms with Crippen molar-refractivity contribution >= 4 is 40.5 Å². The van der Waals surface area contributed by atoms with Gasteiger partial charge in [-0.25, -0.2) is 0 Å². The van der Waals surface area contributed by atoms with Gasteiger partial charge in [-0.15, -0.1) is 0 Å². The molecule has 1 aromatic heterocycles. The van der Waals surface area contributed by atoms with Crippen LogP contribution in [0.3, 0.4) is 0 Å². The van der Waals surface area contributed by atoms with Crippen LogP contribution in [-0.2, 0) is 6.61 Å². The Bertz CT molecular complexity index is 1050. The highest BCUT2D eigenvalue weighted by Crippen LogP contribution is 2.31. The Morgan fingerprint density at radius 1 is 1.20 bits per heavy atom. The van der Waals surface area contributed by atoms with E-state index in [9.17, 15) is 4.79 Å². The third-order valence-electron chi connectivity index (χ3n) is 4.11. The molecule has 0 fully saturated rings. The van der Waals surface area contributed by atoms with Gasteiger partial charge in [0.15, 0.2) is 5.11 Å². The summed E-state index contributed by atoms with van der Waals surface area (Å²) < 4.78 is 11.1. The van der Waals surface area contributed by atoms with Crippen LogP contribution >= 0.6 is 23.8 Å². The van der Waals surface area contributed by atoms with Crippen LogP contribution in [0.15, 0.2) is 59.0 Å². The van der Waals surface area contributed by atoms with Gasteiger partial charge in [0.2, 0.25) is 0 Å². The van der Waals surface area contributed by atoms with Gasteiger partial charge >= 0.3 is 0 Å². The van der Waals surface area contributed by atoms with E-state index in [4.69, 9.17) is 38.1 Å². The highest BCUT2D eigenvalue weighted by molar-refractivity contribution is 7.80. The third-order valence-corrected chi connectivity index (χ3v) is 4.62. The maximum absolute atomic E-state index is 12.5. The van der Waals surface area contributed by atoms with Crippen LogP contribution in [0, 0.1) is 0 Å². The number of hydrogen-bond donors (Lipinski definition) is 3. The van der Waals surface area contributed by atoms with Crippen molar-refractivity contribution in [2.24, 2.45) is 0 Å². The number of thiocarbonyl (C=S) groups is 1. The number of benzene rings is 2. The molecule has 0 atom stereocenters. The monoisotopic (exact) mass is 444 g/mol. The van der Waals surface area contributed by atoms with E-state index in [1.807, 2.05) is 6.92 Å². The van der Waals surface area contributed by atoms with E-state index >= 15 is 0 Å². The minimum atomic E-state index is -0.343. The zero-order valence-corrected chi connectivity index (χ0v) is 17.8. The van der Waals surface area contributed by atoms with Gasteiger partial charge in [-0.2, -0.15) is 0 Å². The highest BCUT2D eigenvalue weighted by Gasteiger charge is 2.12. The van der Waals surface area contributed by atoms with Crippen LogP contribution in [0.2, 0.25) is 5.02 Å². The van der Waals surface area contributed by atoms with Gasteiger partial charge in [0, 0.05) is 16.8 Å². The van der Waals surface area contributed by atoms with Crippen molar-refractivity contribution in [3.63, 3.8) is 0 Å². The summed E-state index contributed by atoms with van der Waals surface area (Å²) in [5.41, 5.74) is 1.74. The average molecular weight is 445 g/mol. The molecule has 8 heteroatoms. The number of halogens is 1. The van der Waals surface area contributed by atoms with E-state index in [0.717, 1.165) is 6.42 Å². The number of aliphatic hydroxyl groups excluding tert-OH is 1. The van der Waals surface area contributed by atoms with Crippen LogP contribution in [0.1, 0.15) is 29.5 Å². The fourth-order valence-corrected chi connectivity index (χ4v) is 3.17. The summed E-state index contributed by atoms with van der Waals surface area (Å²) in [6.45, 7) is 2.42. The molecule has 1 heterocycles. The molecule has 3 N–H and O–H groups in total. The predicted molar refractivity (Wildman–Crippen MR) is 121 cm³/mol. The number of ether oxygens (including phenoxy) is 1. The molecule has 0 bridgehead atoms. The van der Waals surface area contributed by atoms with E-state index in [0.29, 0.717) is 45.7 Å². The molecular formula is C22H21ClN2O4S. The number of amides is 1. The molecule has 30 heavy (non-hydrogen) atoms. The minimum absolute atomic E-state index is 0.143. The van der Waals surface area contributed by atoms with E-state index in [2.05, 4.69) is 10.6 Å². The topological polar surface area (TPSA) is 83.7 Å². The smallest absolute Gasteiger partial charge is 0.257 e. The van der Waals surface area contributed by atoms with Crippen LogP contribution < -0.4 is 15.4 Å². The van der Waals surface area contributed by atoms with Crippen molar-refractivity contribution in [2.45, 2.75) is 20.0 Å². The molecule has 6 nitrogen and oxygen atoms in total. The Morgan fingerprint density at radius 2 is 2.03 bits per heavy atom. The van der Waals surface area contributed by atoms with Gasteiger partial charge in [0.05, 0.1) is 11.6 Å². The Balaban J connectivity index is 1.63. The normalized spacial score (nSPS) is 10.5. The molecule has 0 radical (unpaired) electrons. The van der Waals surface area contributed by atoms with Crippen molar-refractivity contribution in [2.75, 3.05) is 11.9 Å². The summed E-state index contributed by atoms with van der Waals surface area (Å²) >= 11 is 11.6. The lowest BCUT2D eigenvalue weighted by Gasteiger charge is -2.12. The number of furan rings is 1. The molecule has 156 valence electrons. The van der Waals surface area contributed by atoms with Crippen molar-refractivity contribution in [1.82, 2.24) is 5.32 Å². The lowest BCUT2D eigenvalue weighted by molar-refractivity contribution is 0.0977. The Kier molecular flexibility index (Phi) is 7.46. The van der Waals surface area contributed by atoms with Crippen LogP contribution in [0.4, 0.5) is 5.69 Å². The largest absolute Gasteiger partial charge is 0.494 e. The summed E-state index contributed by atoms with van der Waals surface area (Å²) in [6, 6.07) is 15.5. The Labute approximate surface area is 184 Å². The number of rotatable bonds is 7. The first-order valence-electron chi connectivity index (χ1n) is 9.35. The van der Waals surface area contributed by atoms with Gasteiger partial charge in [0.1, 0.15) is 23.9 Å². The molecule has 3 rings (SSSR count). The molecule has 1 amide bonds. The van der Waals surface area contributed by atoms with E-state index < -0.39 is 0 Å². The molecule has 0 aliphatic heterocycles. The summed E-state index contributed by atoms with van der Waals surface area (Å²) in [6.07, 6.45) is 0.883. The first-order chi connectivity index (χ1) is 14.5. The van der Waals surface area contributed by atoms with Crippen LogP contribution in [0.5, 0.6) is 5.75 Å². The first-order valence-corrected chi connectivity index (χ1v) is 10.1. The molecule has 2 aromatic carbocycles. The SMILES string of the molecule is CCCOc1cccc(C(=O)NC(=S)Nc2ccc(-c3ccc(CO)o3)c(Cl)c2)c1. The maximum atomic E-state index is 12.5. The van der Waals surface area contributed by atoms with Crippen molar-refractivity contribution in [3.05, 3.63) is 70.9 Å². The molecule has 0 aliphatic rings. The number of aliphatic hydroxyl groups is 1. The Morgan fingerprint density at radius 3 is 2.73 bits per heavy atom. The standard InChI is InChI=1S/C22H21ClN2O4S/c1-2-10-28-16-5-3-4-14(11-16)21(27)25-22(30)24-15-6-8-18(19(23)12-15)20-9-7-17(13-26)29-20/h3-9,11-12,26H,2,10,13H2,1H3,(H2,24,25,27,30). The van der Waals surface area contributed by atoms with Gasteiger partial charge in [0.25, 0.3) is 5.91 Å². The number of carbonyl (C=O) groups is 1. The maximum Gasteiger partial charge on any atom is 0.257 e. The number of anilines is 1. The highest BCUT2D eigenvalue weighted by atomic mass is 35.5. The van der Waals surface area contributed by atoms with E-state index in [1.165, 1.54) is 0 Å². The first kappa shape index (κ1) is 21.8. The second-order valence-corrected chi connectivity index (χ2v) is 7.22. The van der Waals surface area contributed by atoms with Gasteiger partial charge < -0.3 is 19.6 Å². The van der Waals surface area contributed by atoms with Crippen molar-refractivity contribution in [1.29, 1.82) is 0 Å². The predicted octanol–water partition coefficient (Wildman–Crippen LogP) is 5.01. The summed E-state index contributed by atoms with van der Waals surface area (Å²) in [4.78, 5) is 12.5. The molecule has 0 unspecified atom stereocenters. The molecule has 0 spiro atoms. The molecule has 0 saturated heterocycles. The fourth-order valence-electron chi connectivity index (χ4n) is 2.68. The van der Waals surface area contributed by atoms with Crippen molar-refractivity contribution in [3.8, 4) is 17.1 Å². The number of carbonyl (C=O) groups excluding carboxylic acids is 1. The molecular weight excluding hydrogens is 424 g/mol. The van der Waals surface area contributed by atoms with Crippen LogP contribution in [0.25, 0.3) is 11.3 Å². The van der Waals surface area contributed by atoms with Gasteiger partial charge in [-0.3, -0.25) is 10.1 Å². The number of nitrogens with one attached hydrogen (secondary N) is 2. The second-order valence-electron chi connectivity index (χ2n) is 6.40. The van der Waals surface area contributed by atoms with E-state index in [-0.39, 0.29) is 17.6 Å². The Hall–Kier alpha value is -2.87. The zero-order valence-electron chi connectivity index (χ0n) is 16.3. The lowest BCUT2D eigenvalue weighted by atomic mass is 10.1. The minimum Gasteiger partial charge on any atom is -0.494 e. The zero-order chi connectivity index (χ0) is 21.5. The van der Waals surface area contributed by atoms with Crippen LogP contribution in [-0.4, -0.2) is 22.7 Å². The van der Waals surface area contributed by atoms with Gasteiger partial charge in [-0.05, 0) is 67.2 Å². The molecule has 3 aromatic rings. The quantitative estimate of drug-likeness (QED) is 0.444. The number of hydrogen-bond acceptors (Lipinski definition) is 5. The summed E-state index contributed by atoms with van der Waals surface area (Å²) in [5, 5.41) is 15.3. The van der Waals surface area contributed by atoms with Gasteiger partial charge in [-0.1, -0.05) is 24.6 Å². The lowest BCUT2D eigenvalue weighted by Crippen LogP contribution is -2.34. The summed E-state index contributed by atoms with van der Waals surface area (Å²) in [5.74, 6) is 1.30.